The Hall–Kier alpha value is -0.830. The van der Waals surface area contributed by atoms with Gasteiger partial charge in [-0.1, -0.05) is 26.2 Å². The molecule has 1 aromatic heterocycles. The summed E-state index contributed by atoms with van der Waals surface area (Å²) in [5, 5.41) is 3.89. The summed E-state index contributed by atoms with van der Waals surface area (Å²) in [6.45, 7) is 4.26. The van der Waals surface area contributed by atoms with Crippen LogP contribution in [-0.2, 0) is 0 Å². The predicted molar refractivity (Wildman–Crippen MR) is 76.1 cm³/mol. The monoisotopic (exact) mass is 267 g/mol. The molecule has 1 saturated carbocycles. The lowest BCUT2D eigenvalue weighted by Gasteiger charge is -2.31. The molecule has 4 heteroatoms. The highest BCUT2D eigenvalue weighted by atomic mass is 35.5. The van der Waals surface area contributed by atoms with E-state index in [9.17, 15) is 0 Å². The minimum atomic E-state index is 0.321. The number of halogens is 1. The molecule has 0 aromatic carbocycles. The van der Waals surface area contributed by atoms with Crippen molar-refractivity contribution in [2.24, 2.45) is 5.92 Å². The Labute approximate surface area is 114 Å². The third-order valence-electron chi connectivity index (χ3n) is 3.92. The standard InChI is InChI=1S/C14H22ClN3/c1-3-12(11-7-5-4-6-8-11)17-13-10(2)9-16-14(15)18-13/h9,11-12H,3-8H2,1-2H3,(H,16,17,18). The number of rotatable bonds is 4. The molecule has 0 radical (unpaired) electrons. The molecule has 1 aliphatic carbocycles. The molecule has 1 heterocycles. The molecule has 1 fully saturated rings. The van der Waals surface area contributed by atoms with E-state index < -0.39 is 0 Å². The summed E-state index contributed by atoms with van der Waals surface area (Å²) >= 11 is 5.87. The van der Waals surface area contributed by atoms with Crippen molar-refractivity contribution in [2.75, 3.05) is 5.32 Å². The second-order valence-electron chi connectivity index (χ2n) is 5.23. The van der Waals surface area contributed by atoms with E-state index in [1.165, 1.54) is 32.1 Å². The molecule has 0 spiro atoms. The Balaban J connectivity index is 2.06. The number of hydrogen-bond donors (Lipinski definition) is 1. The van der Waals surface area contributed by atoms with Gasteiger partial charge in [-0.3, -0.25) is 0 Å². The maximum Gasteiger partial charge on any atom is 0.224 e. The predicted octanol–water partition coefficient (Wildman–Crippen LogP) is 4.21. The smallest absolute Gasteiger partial charge is 0.224 e. The first-order chi connectivity index (χ1) is 8.70. The molecule has 1 aliphatic rings. The maximum atomic E-state index is 5.87. The Kier molecular flexibility index (Phi) is 4.81. The van der Waals surface area contributed by atoms with Crippen molar-refractivity contribution in [3.63, 3.8) is 0 Å². The fourth-order valence-electron chi connectivity index (χ4n) is 2.83. The first-order valence-electron chi connectivity index (χ1n) is 6.96. The summed E-state index contributed by atoms with van der Waals surface area (Å²) in [5.74, 6) is 1.67. The molecule has 0 saturated heterocycles. The van der Waals surface area contributed by atoms with E-state index in [2.05, 4.69) is 22.2 Å². The van der Waals surface area contributed by atoms with Crippen molar-refractivity contribution in [1.29, 1.82) is 0 Å². The Morgan fingerprint density at radius 1 is 1.39 bits per heavy atom. The van der Waals surface area contributed by atoms with Crippen molar-refractivity contribution in [3.8, 4) is 0 Å². The summed E-state index contributed by atoms with van der Waals surface area (Å²) in [5.41, 5.74) is 1.06. The molecule has 0 amide bonds. The maximum absolute atomic E-state index is 5.87. The van der Waals surface area contributed by atoms with Gasteiger partial charge in [0.15, 0.2) is 0 Å². The minimum absolute atomic E-state index is 0.321. The molecule has 2 rings (SSSR count). The molecule has 0 bridgehead atoms. The molecular formula is C14H22ClN3. The SMILES string of the molecule is CCC(Nc1nc(Cl)ncc1C)C1CCCCC1. The van der Waals surface area contributed by atoms with Gasteiger partial charge in [0.05, 0.1) is 0 Å². The van der Waals surface area contributed by atoms with E-state index in [0.29, 0.717) is 11.3 Å². The van der Waals surface area contributed by atoms with Gasteiger partial charge in [-0.15, -0.1) is 0 Å². The molecule has 3 nitrogen and oxygen atoms in total. The molecule has 1 atom stereocenters. The first kappa shape index (κ1) is 13.6. The number of hydrogen-bond acceptors (Lipinski definition) is 3. The zero-order valence-electron chi connectivity index (χ0n) is 11.2. The van der Waals surface area contributed by atoms with Crippen molar-refractivity contribution in [2.45, 2.75) is 58.4 Å². The Bertz CT molecular complexity index is 389. The molecule has 1 unspecified atom stereocenters. The van der Waals surface area contributed by atoms with Crippen LogP contribution in [0.15, 0.2) is 6.20 Å². The molecule has 0 aliphatic heterocycles. The van der Waals surface area contributed by atoms with Crippen LogP contribution in [0.5, 0.6) is 0 Å². The zero-order chi connectivity index (χ0) is 13.0. The lowest BCUT2D eigenvalue weighted by molar-refractivity contribution is 0.312. The van der Waals surface area contributed by atoms with Crippen LogP contribution in [0.3, 0.4) is 0 Å². The summed E-state index contributed by atoms with van der Waals surface area (Å²) in [4.78, 5) is 8.30. The molecular weight excluding hydrogens is 246 g/mol. The van der Waals surface area contributed by atoms with E-state index in [-0.39, 0.29) is 0 Å². The average molecular weight is 268 g/mol. The summed E-state index contributed by atoms with van der Waals surface area (Å²) in [6.07, 6.45) is 9.72. The molecule has 100 valence electrons. The van der Waals surface area contributed by atoms with Crippen molar-refractivity contribution >= 4 is 17.4 Å². The van der Waals surface area contributed by atoms with Crippen LogP contribution < -0.4 is 5.32 Å². The van der Waals surface area contributed by atoms with Crippen LogP contribution in [0.4, 0.5) is 5.82 Å². The van der Waals surface area contributed by atoms with Crippen LogP contribution in [0.1, 0.15) is 51.0 Å². The van der Waals surface area contributed by atoms with E-state index in [1.807, 2.05) is 6.92 Å². The van der Waals surface area contributed by atoms with Crippen LogP contribution >= 0.6 is 11.6 Å². The largest absolute Gasteiger partial charge is 0.367 e. The highest BCUT2D eigenvalue weighted by Crippen LogP contribution is 2.29. The molecule has 1 N–H and O–H groups in total. The van der Waals surface area contributed by atoms with Gasteiger partial charge in [-0.25, -0.2) is 9.97 Å². The normalized spacial score (nSPS) is 18.6. The topological polar surface area (TPSA) is 37.8 Å². The zero-order valence-corrected chi connectivity index (χ0v) is 12.0. The van der Waals surface area contributed by atoms with Gasteiger partial charge >= 0.3 is 0 Å². The first-order valence-corrected chi connectivity index (χ1v) is 7.34. The van der Waals surface area contributed by atoms with Gasteiger partial charge in [0.1, 0.15) is 5.82 Å². The summed E-state index contributed by atoms with van der Waals surface area (Å²) in [6, 6.07) is 0.509. The quantitative estimate of drug-likeness (QED) is 0.831. The molecule has 18 heavy (non-hydrogen) atoms. The second-order valence-corrected chi connectivity index (χ2v) is 5.57. The van der Waals surface area contributed by atoms with E-state index in [1.54, 1.807) is 6.20 Å². The van der Waals surface area contributed by atoms with Crippen LogP contribution in [-0.4, -0.2) is 16.0 Å². The van der Waals surface area contributed by atoms with Crippen LogP contribution in [0.25, 0.3) is 0 Å². The summed E-state index contributed by atoms with van der Waals surface area (Å²) < 4.78 is 0. The lowest BCUT2D eigenvalue weighted by Crippen LogP contribution is -2.30. The number of aromatic nitrogens is 2. The van der Waals surface area contributed by atoms with Gasteiger partial charge in [-0.2, -0.15) is 0 Å². The van der Waals surface area contributed by atoms with Gasteiger partial charge in [0.25, 0.3) is 0 Å². The fourth-order valence-corrected chi connectivity index (χ4v) is 2.97. The fraction of sp³-hybridized carbons (Fsp3) is 0.714. The van der Waals surface area contributed by atoms with E-state index >= 15 is 0 Å². The third-order valence-corrected chi connectivity index (χ3v) is 4.11. The number of nitrogens with zero attached hydrogens (tertiary/aromatic N) is 2. The van der Waals surface area contributed by atoms with Crippen molar-refractivity contribution in [3.05, 3.63) is 17.0 Å². The average Bonchev–Trinajstić information content (AvgIpc) is 2.41. The van der Waals surface area contributed by atoms with Gasteiger partial charge in [-0.05, 0) is 43.7 Å². The van der Waals surface area contributed by atoms with Crippen molar-refractivity contribution < 1.29 is 0 Å². The highest BCUT2D eigenvalue weighted by molar-refractivity contribution is 6.28. The Morgan fingerprint density at radius 3 is 2.78 bits per heavy atom. The van der Waals surface area contributed by atoms with Crippen molar-refractivity contribution in [1.82, 2.24) is 9.97 Å². The van der Waals surface area contributed by atoms with Gasteiger partial charge in [0, 0.05) is 17.8 Å². The second kappa shape index (κ2) is 6.37. The van der Waals surface area contributed by atoms with Gasteiger partial charge < -0.3 is 5.32 Å². The Morgan fingerprint density at radius 2 is 2.11 bits per heavy atom. The summed E-state index contributed by atoms with van der Waals surface area (Å²) in [7, 11) is 0. The lowest BCUT2D eigenvalue weighted by atomic mass is 9.83. The third kappa shape index (κ3) is 3.35. The number of aryl methyl sites for hydroxylation is 1. The number of nitrogens with one attached hydrogen (secondary N) is 1. The number of anilines is 1. The van der Waals surface area contributed by atoms with E-state index in [0.717, 1.165) is 23.7 Å². The van der Waals surface area contributed by atoms with Gasteiger partial charge in [0.2, 0.25) is 5.28 Å². The highest BCUT2D eigenvalue weighted by Gasteiger charge is 2.22. The molecule has 1 aromatic rings. The minimum Gasteiger partial charge on any atom is -0.367 e. The van der Waals surface area contributed by atoms with Crippen LogP contribution in [0, 0.1) is 12.8 Å². The van der Waals surface area contributed by atoms with Crippen LogP contribution in [0.2, 0.25) is 5.28 Å². The van der Waals surface area contributed by atoms with E-state index in [4.69, 9.17) is 11.6 Å².